The zero-order chi connectivity index (χ0) is 14.9. The number of hydrogen-bond donors (Lipinski definition) is 1. The third-order valence-corrected chi connectivity index (χ3v) is 6.27. The lowest BCUT2D eigenvalue weighted by Gasteiger charge is -2.11. The maximum Gasteiger partial charge on any atom is 0.261 e. The van der Waals surface area contributed by atoms with Crippen LogP contribution in [-0.4, -0.2) is 8.42 Å². The average Bonchev–Trinajstić information content (AvgIpc) is 2.38. The first-order valence-corrected chi connectivity index (χ1v) is 8.99. The molecule has 2 rings (SSSR count). The van der Waals surface area contributed by atoms with Gasteiger partial charge in [-0.25, -0.2) is 8.42 Å². The highest BCUT2D eigenvalue weighted by Crippen LogP contribution is 2.30. The number of anilines is 1. The Balaban J connectivity index is 2.41. The molecule has 106 valence electrons. The van der Waals surface area contributed by atoms with Crippen LogP contribution in [0.3, 0.4) is 0 Å². The fourth-order valence-corrected chi connectivity index (χ4v) is 3.81. The first-order valence-electron chi connectivity index (χ1n) is 5.54. The van der Waals surface area contributed by atoms with Gasteiger partial charge < -0.3 is 0 Å². The van der Waals surface area contributed by atoms with Gasteiger partial charge in [0.05, 0.1) is 15.6 Å². The molecule has 2 aromatic rings. The molecule has 0 spiro atoms. The molecule has 0 saturated heterocycles. The maximum absolute atomic E-state index is 12.3. The summed E-state index contributed by atoms with van der Waals surface area (Å²) < 4.78 is 28.5. The van der Waals surface area contributed by atoms with E-state index in [0.717, 1.165) is 10.0 Å². The van der Waals surface area contributed by atoms with Crippen LogP contribution < -0.4 is 4.72 Å². The smallest absolute Gasteiger partial charge is 0.261 e. The van der Waals surface area contributed by atoms with Crippen LogP contribution in [0, 0.1) is 6.92 Å². The highest BCUT2D eigenvalue weighted by atomic mass is 79.9. The summed E-state index contributed by atoms with van der Waals surface area (Å²) in [6.07, 6.45) is 0. The van der Waals surface area contributed by atoms with Gasteiger partial charge in [-0.3, -0.25) is 4.72 Å². The summed E-state index contributed by atoms with van der Waals surface area (Å²) in [5, 5.41) is 0.459. The van der Waals surface area contributed by atoms with Gasteiger partial charge in [-0.2, -0.15) is 0 Å². The van der Waals surface area contributed by atoms with Gasteiger partial charge in [0.1, 0.15) is 0 Å². The van der Waals surface area contributed by atoms with E-state index in [0.29, 0.717) is 15.2 Å². The van der Waals surface area contributed by atoms with Crippen molar-refractivity contribution in [2.24, 2.45) is 0 Å². The standard InChI is InChI=1S/C13H10Br2ClNO2S/c1-8-3-2-4-12(13(8)15)17-20(18,19)9-5-6-11(16)10(14)7-9/h2-7,17H,1H3. The molecule has 0 radical (unpaired) electrons. The monoisotopic (exact) mass is 437 g/mol. The molecule has 0 unspecified atom stereocenters. The van der Waals surface area contributed by atoms with Gasteiger partial charge >= 0.3 is 0 Å². The van der Waals surface area contributed by atoms with Gasteiger partial charge in [0, 0.05) is 8.95 Å². The minimum absolute atomic E-state index is 0.141. The van der Waals surface area contributed by atoms with Crippen LogP contribution in [0.5, 0.6) is 0 Å². The SMILES string of the molecule is Cc1cccc(NS(=O)(=O)c2ccc(Cl)c(Br)c2)c1Br. The number of nitrogens with one attached hydrogen (secondary N) is 1. The lowest BCUT2D eigenvalue weighted by Crippen LogP contribution is -2.13. The molecule has 0 atom stereocenters. The largest absolute Gasteiger partial charge is 0.278 e. The molecule has 0 heterocycles. The number of sulfonamides is 1. The minimum atomic E-state index is -3.66. The van der Waals surface area contributed by atoms with Crippen LogP contribution in [-0.2, 0) is 10.0 Å². The van der Waals surface area contributed by atoms with Crippen LogP contribution in [0.4, 0.5) is 5.69 Å². The van der Waals surface area contributed by atoms with Crippen molar-refractivity contribution in [3.63, 3.8) is 0 Å². The molecule has 0 bridgehead atoms. The van der Waals surface area contributed by atoms with Crippen molar-refractivity contribution in [1.82, 2.24) is 0 Å². The molecular weight excluding hydrogens is 429 g/mol. The Labute approximate surface area is 139 Å². The molecule has 0 aliphatic carbocycles. The number of benzene rings is 2. The van der Waals surface area contributed by atoms with Gasteiger partial charge in [-0.05, 0) is 68.6 Å². The zero-order valence-electron chi connectivity index (χ0n) is 10.3. The Morgan fingerprint density at radius 2 is 1.85 bits per heavy atom. The van der Waals surface area contributed by atoms with E-state index in [1.807, 2.05) is 13.0 Å². The highest BCUT2D eigenvalue weighted by Gasteiger charge is 2.17. The van der Waals surface area contributed by atoms with Crippen molar-refractivity contribution in [1.29, 1.82) is 0 Å². The van der Waals surface area contributed by atoms with Gasteiger partial charge in [0.15, 0.2) is 0 Å². The molecule has 0 aliphatic rings. The summed E-state index contributed by atoms with van der Waals surface area (Å²) >= 11 is 12.5. The molecule has 7 heteroatoms. The molecule has 20 heavy (non-hydrogen) atoms. The van der Waals surface area contributed by atoms with Crippen molar-refractivity contribution in [3.8, 4) is 0 Å². The first-order chi connectivity index (χ1) is 9.31. The summed E-state index contributed by atoms with van der Waals surface area (Å²) in [6, 6.07) is 9.83. The normalized spacial score (nSPS) is 11.4. The minimum Gasteiger partial charge on any atom is -0.278 e. The molecule has 0 aromatic heterocycles. The van der Waals surface area contributed by atoms with Gasteiger partial charge in [-0.15, -0.1) is 0 Å². The van der Waals surface area contributed by atoms with Gasteiger partial charge in [0.25, 0.3) is 10.0 Å². The molecule has 2 aromatic carbocycles. The summed E-state index contributed by atoms with van der Waals surface area (Å²) in [5.74, 6) is 0. The van der Waals surface area contributed by atoms with Crippen LogP contribution in [0.15, 0.2) is 50.2 Å². The number of rotatable bonds is 3. The van der Waals surface area contributed by atoms with E-state index in [-0.39, 0.29) is 4.90 Å². The second-order valence-corrected chi connectivity index (χ2v) is 7.85. The molecule has 0 fully saturated rings. The summed E-state index contributed by atoms with van der Waals surface area (Å²) in [5.41, 5.74) is 1.44. The van der Waals surface area contributed by atoms with Crippen molar-refractivity contribution in [3.05, 3.63) is 55.9 Å². The van der Waals surface area contributed by atoms with Crippen LogP contribution in [0.25, 0.3) is 0 Å². The Hall–Kier alpha value is -0.560. The quantitative estimate of drug-likeness (QED) is 0.734. The second kappa shape index (κ2) is 6.05. The van der Waals surface area contributed by atoms with Gasteiger partial charge in [-0.1, -0.05) is 23.7 Å². The van der Waals surface area contributed by atoms with Crippen LogP contribution in [0.1, 0.15) is 5.56 Å². The van der Waals surface area contributed by atoms with E-state index in [1.54, 1.807) is 12.1 Å². The van der Waals surface area contributed by atoms with E-state index in [2.05, 4.69) is 36.6 Å². The van der Waals surface area contributed by atoms with Crippen LogP contribution >= 0.6 is 43.5 Å². The molecule has 1 N–H and O–H groups in total. The molecule has 0 aliphatic heterocycles. The third-order valence-electron chi connectivity index (χ3n) is 2.64. The number of halogens is 3. The van der Waals surface area contributed by atoms with Crippen molar-refractivity contribution >= 4 is 59.2 Å². The number of aryl methyl sites for hydroxylation is 1. The zero-order valence-corrected chi connectivity index (χ0v) is 15.1. The molecular formula is C13H10Br2ClNO2S. The van der Waals surface area contributed by atoms with E-state index < -0.39 is 10.0 Å². The highest BCUT2D eigenvalue weighted by molar-refractivity contribution is 9.11. The van der Waals surface area contributed by atoms with E-state index >= 15 is 0 Å². The van der Waals surface area contributed by atoms with Crippen LogP contribution in [0.2, 0.25) is 5.02 Å². The first kappa shape index (κ1) is 15.8. The topological polar surface area (TPSA) is 46.2 Å². The second-order valence-electron chi connectivity index (χ2n) is 4.12. The Bertz CT molecular complexity index is 763. The molecule has 3 nitrogen and oxygen atoms in total. The Kier molecular flexibility index (Phi) is 4.79. The maximum atomic E-state index is 12.3. The van der Waals surface area contributed by atoms with Crippen molar-refractivity contribution in [2.45, 2.75) is 11.8 Å². The van der Waals surface area contributed by atoms with Crippen molar-refractivity contribution in [2.75, 3.05) is 4.72 Å². The molecule has 0 saturated carbocycles. The lowest BCUT2D eigenvalue weighted by molar-refractivity contribution is 0.601. The number of hydrogen-bond acceptors (Lipinski definition) is 2. The Morgan fingerprint density at radius 3 is 2.50 bits per heavy atom. The predicted molar refractivity (Wildman–Crippen MR) is 88.8 cm³/mol. The summed E-state index contributed by atoms with van der Waals surface area (Å²) in [6.45, 7) is 1.89. The van der Waals surface area contributed by atoms with E-state index in [9.17, 15) is 8.42 Å². The van der Waals surface area contributed by atoms with Crippen molar-refractivity contribution < 1.29 is 8.42 Å². The third kappa shape index (κ3) is 3.36. The predicted octanol–water partition coefficient (Wildman–Crippen LogP) is 4.97. The van der Waals surface area contributed by atoms with E-state index in [1.165, 1.54) is 18.2 Å². The fourth-order valence-electron chi connectivity index (χ4n) is 1.57. The lowest BCUT2D eigenvalue weighted by atomic mass is 10.2. The summed E-state index contributed by atoms with van der Waals surface area (Å²) in [7, 11) is -3.66. The van der Waals surface area contributed by atoms with E-state index in [4.69, 9.17) is 11.6 Å². The fraction of sp³-hybridized carbons (Fsp3) is 0.0769. The summed E-state index contributed by atoms with van der Waals surface area (Å²) in [4.78, 5) is 0.141. The van der Waals surface area contributed by atoms with Gasteiger partial charge in [0.2, 0.25) is 0 Å². The average molecular weight is 440 g/mol. The molecule has 0 amide bonds. The Morgan fingerprint density at radius 1 is 1.15 bits per heavy atom.